The molecule has 0 aromatic heterocycles. The van der Waals surface area contributed by atoms with Gasteiger partial charge in [-0.25, -0.2) is 0 Å². The van der Waals surface area contributed by atoms with Gasteiger partial charge in [0.2, 0.25) is 0 Å². The van der Waals surface area contributed by atoms with Crippen LogP contribution in [0.4, 0.5) is 5.69 Å². The molecule has 2 atom stereocenters. The standard InChI is InChI=1S/C14H22ClN3/c1-10-8-18(9-11(2)17(10)3)14-5-4-12(7-16)6-13(14)15/h4-6,10-11H,7-9,16H2,1-3H3. The number of likely N-dealkylation sites (N-methyl/N-ethyl adjacent to an activating group) is 1. The van der Waals surface area contributed by atoms with Gasteiger partial charge in [-0.05, 0) is 38.6 Å². The van der Waals surface area contributed by atoms with Gasteiger partial charge in [-0.15, -0.1) is 0 Å². The van der Waals surface area contributed by atoms with Crippen LogP contribution in [0.3, 0.4) is 0 Å². The molecule has 0 spiro atoms. The zero-order chi connectivity index (χ0) is 13.3. The van der Waals surface area contributed by atoms with E-state index in [-0.39, 0.29) is 0 Å². The second kappa shape index (κ2) is 5.47. The van der Waals surface area contributed by atoms with Crippen LogP contribution in [0.5, 0.6) is 0 Å². The normalized spacial score (nSPS) is 25.5. The summed E-state index contributed by atoms with van der Waals surface area (Å²) in [6.07, 6.45) is 0. The first-order chi connectivity index (χ1) is 8.52. The Bertz CT molecular complexity index is 410. The Labute approximate surface area is 115 Å². The molecule has 2 unspecified atom stereocenters. The van der Waals surface area contributed by atoms with Crippen LogP contribution in [0.15, 0.2) is 18.2 Å². The van der Waals surface area contributed by atoms with Gasteiger partial charge in [-0.2, -0.15) is 0 Å². The maximum Gasteiger partial charge on any atom is 0.0642 e. The molecule has 1 aliphatic heterocycles. The van der Waals surface area contributed by atoms with Crippen LogP contribution in [0.25, 0.3) is 0 Å². The van der Waals surface area contributed by atoms with Crippen molar-refractivity contribution in [3.05, 3.63) is 28.8 Å². The molecule has 1 saturated heterocycles. The van der Waals surface area contributed by atoms with Crippen LogP contribution in [0, 0.1) is 0 Å². The molecule has 0 amide bonds. The van der Waals surface area contributed by atoms with Crippen LogP contribution >= 0.6 is 11.6 Å². The zero-order valence-corrected chi connectivity index (χ0v) is 12.1. The Morgan fingerprint density at radius 1 is 1.28 bits per heavy atom. The minimum Gasteiger partial charge on any atom is -0.367 e. The number of rotatable bonds is 2. The summed E-state index contributed by atoms with van der Waals surface area (Å²) in [4.78, 5) is 4.79. The zero-order valence-electron chi connectivity index (χ0n) is 11.4. The minimum absolute atomic E-state index is 0.537. The molecule has 18 heavy (non-hydrogen) atoms. The van der Waals surface area contributed by atoms with Gasteiger partial charge in [0, 0.05) is 31.7 Å². The summed E-state index contributed by atoms with van der Waals surface area (Å²) in [6, 6.07) is 7.22. The van der Waals surface area contributed by atoms with Crippen molar-refractivity contribution in [2.24, 2.45) is 5.73 Å². The average molecular weight is 268 g/mol. The van der Waals surface area contributed by atoms with E-state index in [0.717, 1.165) is 29.4 Å². The van der Waals surface area contributed by atoms with E-state index in [1.54, 1.807) is 0 Å². The number of piperazine rings is 1. The second-order valence-electron chi connectivity index (χ2n) is 5.26. The lowest BCUT2D eigenvalue weighted by Gasteiger charge is -2.43. The number of anilines is 1. The number of nitrogens with two attached hydrogens (primary N) is 1. The van der Waals surface area contributed by atoms with E-state index in [9.17, 15) is 0 Å². The van der Waals surface area contributed by atoms with E-state index in [0.29, 0.717) is 18.6 Å². The molecule has 1 aromatic carbocycles. The second-order valence-corrected chi connectivity index (χ2v) is 5.67. The molecular weight excluding hydrogens is 246 g/mol. The van der Waals surface area contributed by atoms with Crippen molar-refractivity contribution in [1.82, 2.24) is 4.90 Å². The summed E-state index contributed by atoms with van der Waals surface area (Å²) in [5.74, 6) is 0. The first kappa shape index (κ1) is 13.7. The number of hydrogen-bond acceptors (Lipinski definition) is 3. The quantitative estimate of drug-likeness (QED) is 0.893. The molecule has 1 fully saturated rings. The fraction of sp³-hybridized carbons (Fsp3) is 0.571. The molecule has 4 heteroatoms. The lowest BCUT2D eigenvalue weighted by Crippen LogP contribution is -2.55. The molecule has 0 radical (unpaired) electrons. The summed E-state index contributed by atoms with van der Waals surface area (Å²) in [6.45, 7) is 7.08. The number of benzene rings is 1. The van der Waals surface area contributed by atoms with Gasteiger partial charge in [0.15, 0.2) is 0 Å². The Hall–Kier alpha value is -0.770. The van der Waals surface area contributed by atoms with E-state index >= 15 is 0 Å². The highest BCUT2D eigenvalue weighted by atomic mass is 35.5. The predicted octanol–water partition coefficient (Wildman–Crippen LogP) is 2.33. The number of halogens is 1. The molecule has 1 aliphatic rings. The van der Waals surface area contributed by atoms with Gasteiger partial charge in [-0.1, -0.05) is 17.7 Å². The molecule has 1 heterocycles. The Morgan fingerprint density at radius 2 is 1.89 bits per heavy atom. The van der Waals surface area contributed by atoms with Crippen molar-refractivity contribution in [3.63, 3.8) is 0 Å². The number of hydrogen-bond donors (Lipinski definition) is 1. The van der Waals surface area contributed by atoms with Gasteiger partial charge in [0.25, 0.3) is 0 Å². The lowest BCUT2D eigenvalue weighted by molar-refractivity contribution is 0.170. The predicted molar refractivity (Wildman–Crippen MR) is 78.2 cm³/mol. The lowest BCUT2D eigenvalue weighted by atomic mass is 10.1. The first-order valence-electron chi connectivity index (χ1n) is 6.48. The molecule has 0 saturated carbocycles. The van der Waals surface area contributed by atoms with Crippen molar-refractivity contribution < 1.29 is 0 Å². The van der Waals surface area contributed by atoms with E-state index < -0.39 is 0 Å². The van der Waals surface area contributed by atoms with Gasteiger partial charge < -0.3 is 10.6 Å². The highest BCUT2D eigenvalue weighted by Crippen LogP contribution is 2.29. The van der Waals surface area contributed by atoms with Crippen LogP contribution < -0.4 is 10.6 Å². The highest BCUT2D eigenvalue weighted by Gasteiger charge is 2.27. The molecule has 2 rings (SSSR count). The maximum atomic E-state index is 6.36. The van der Waals surface area contributed by atoms with E-state index in [1.807, 2.05) is 6.07 Å². The van der Waals surface area contributed by atoms with Gasteiger partial charge in [-0.3, -0.25) is 4.90 Å². The topological polar surface area (TPSA) is 32.5 Å². The van der Waals surface area contributed by atoms with Gasteiger partial charge in [0.05, 0.1) is 10.7 Å². The summed E-state index contributed by atoms with van der Waals surface area (Å²) in [7, 11) is 2.19. The van der Waals surface area contributed by atoms with Crippen molar-refractivity contribution in [1.29, 1.82) is 0 Å². The number of nitrogens with zero attached hydrogens (tertiary/aromatic N) is 2. The minimum atomic E-state index is 0.537. The van der Waals surface area contributed by atoms with Crippen molar-refractivity contribution in [2.45, 2.75) is 32.5 Å². The Morgan fingerprint density at radius 3 is 2.39 bits per heavy atom. The van der Waals surface area contributed by atoms with Crippen LogP contribution in [0.2, 0.25) is 5.02 Å². The third-order valence-electron chi connectivity index (χ3n) is 3.95. The van der Waals surface area contributed by atoms with Crippen molar-refractivity contribution >= 4 is 17.3 Å². The third kappa shape index (κ3) is 2.63. The van der Waals surface area contributed by atoms with Crippen molar-refractivity contribution in [3.8, 4) is 0 Å². The summed E-state index contributed by atoms with van der Waals surface area (Å²) in [5.41, 5.74) is 7.84. The molecule has 3 nitrogen and oxygen atoms in total. The van der Waals surface area contributed by atoms with E-state index in [1.165, 1.54) is 0 Å². The molecule has 2 N–H and O–H groups in total. The van der Waals surface area contributed by atoms with Crippen LogP contribution in [-0.2, 0) is 6.54 Å². The van der Waals surface area contributed by atoms with Crippen LogP contribution in [-0.4, -0.2) is 37.1 Å². The fourth-order valence-corrected chi connectivity index (χ4v) is 2.86. The third-order valence-corrected chi connectivity index (χ3v) is 4.25. The Balaban J connectivity index is 2.21. The summed E-state index contributed by atoms with van der Waals surface area (Å²) >= 11 is 6.36. The summed E-state index contributed by atoms with van der Waals surface area (Å²) in [5, 5.41) is 0.807. The summed E-state index contributed by atoms with van der Waals surface area (Å²) < 4.78 is 0. The molecule has 0 aliphatic carbocycles. The molecule has 1 aromatic rings. The van der Waals surface area contributed by atoms with E-state index in [4.69, 9.17) is 17.3 Å². The van der Waals surface area contributed by atoms with Crippen molar-refractivity contribution in [2.75, 3.05) is 25.0 Å². The monoisotopic (exact) mass is 267 g/mol. The van der Waals surface area contributed by atoms with Gasteiger partial charge >= 0.3 is 0 Å². The molecule has 0 bridgehead atoms. The smallest absolute Gasteiger partial charge is 0.0642 e. The maximum absolute atomic E-state index is 6.36. The fourth-order valence-electron chi connectivity index (χ4n) is 2.53. The SMILES string of the molecule is CC1CN(c2ccc(CN)cc2Cl)CC(C)N1C. The van der Waals surface area contributed by atoms with Gasteiger partial charge in [0.1, 0.15) is 0 Å². The first-order valence-corrected chi connectivity index (χ1v) is 6.86. The largest absolute Gasteiger partial charge is 0.367 e. The highest BCUT2D eigenvalue weighted by molar-refractivity contribution is 6.33. The average Bonchev–Trinajstić information content (AvgIpc) is 2.35. The molecule has 100 valence electrons. The Kier molecular flexibility index (Phi) is 4.15. The van der Waals surface area contributed by atoms with E-state index in [2.05, 4.69) is 42.8 Å². The molecular formula is C14H22ClN3. The van der Waals surface area contributed by atoms with Crippen LogP contribution in [0.1, 0.15) is 19.4 Å².